The van der Waals surface area contributed by atoms with Crippen LogP contribution in [0, 0.1) is 17.8 Å². The number of carbonyl (C=O) groups excluding carboxylic acids is 1. The van der Waals surface area contributed by atoms with Gasteiger partial charge in [0.2, 0.25) is 5.91 Å². The minimum Gasteiger partial charge on any atom is -0.480 e. The minimum absolute atomic E-state index is 0.169. The van der Waals surface area contributed by atoms with Gasteiger partial charge < -0.3 is 19.7 Å². The molecule has 0 bridgehead atoms. The van der Waals surface area contributed by atoms with Crippen molar-refractivity contribution in [2.75, 3.05) is 6.61 Å². The highest BCUT2D eigenvalue weighted by Crippen LogP contribution is 2.50. The summed E-state index contributed by atoms with van der Waals surface area (Å²) in [5.41, 5.74) is 1.46. The number of pyridine rings is 1. The Bertz CT molecular complexity index is 1080. The van der Waals surface area contributed by atoms with E-state index in [1.165, 1.54) is 11.2 Å². The van der Waals surface area contributed by atoms with Crippen LogP contribution in [0.1, 0.15) is 37.4 Å². The molecule has 1 saturated heterocycles. The minimum atomic E-state index is -1.10. The maximum absolute atomic E-state index is 13.4. The molecule has 2 fully saturated rings. The highest BCUT2D eigenvalue weighted by Gasteiger charge is 2.58. The molecule has 0 spiro atoms. The second kappa shape index (κ2) is 7.56. The number of aromatic nitrogens is 3. The zero-order chi connectivity index (χ0) is 21.7. The summed E-state index contributed by atoms with van der Waals surface area (Å²) in [6.07, 6.45) is 7.95. The molecule has 0 aromatic carbocycles. The fourth-order valence-electron chi connectivity index (χ4n) is 5.75. The highest BCUT2D eigenvalue weighted by molar-refractivity contribution is 5.87. The van der Waals surface area contributed by atoms with Gasteiger partial charge in [0, 0.05) is 54.6 Å². The molecule has 2 N–H and O–H groups in total. The smallest absolute Gasteiger partial charge is 0.326 e. The molecule has 2 aromatic heterocycles. The highest BCUT2D eigenvalue weighted by atomic mass is 16.4. The average Bonchev–Trinajstić information content (AvgIpc) is 3.49. The Balaban J connectivity index is 1.61. The number of aliphatic carboxylic acids is 1. The Morgan fingerprint density at radius 1 is 1.13 bits per heavy atom. The lowest BCUT2D eigenvalue weighted by Crippen LogP contribution is -2.47. The van der Waals surface area contributed by atoms with Crippen molar-refractivity contribution in [1.82, 2.24) is 19.4 Å². The summed E-state index contributed by atoms with van der Waals surface area (Å²) in [4.78, 5) is 48.3. The maximum Gasteiger partial charge on any atom is 0.326 e. The van der Waals surface area contributed by atoms with E-state index >= 15 is 0 Å². The molecule has 5 rings (SSSR count). The van der Waals surface area contributed by atoms with Crippen molar-refractivity contribution in [3.8, 4) is 11.1 Å². The molecule has 0 unspecified atom stereocenters. The summed E-state index contributed by atoms with van der Waals surface area (Å²) >= 11 is 0. The van der Waals surface area contributed by atoms with Crippen LogP contribution in [0.2, 0.25) is 0 Å². The van der Waals surface area contributed by atoms with Crippen molar-refractivity contribution in [3.63, 3.8) is 0 Å². The number of hydrogen-bond donors (Lipinski definition) is 2. The van der Waals surface area contributed by atoms with E-state index in [1.807, 2.05) is 0 Å². The molecular weight excluding hydrogens is 400 g/mol. The SMILES string of the molecule is O=C(O)[C@@H]1[C@@H](CO)[C@@H]2Cn3c(ccc(-c4cncnc4)c3=O)[C@@H]2N1C(=O)C1CCCC1. The van der Waals surface area contributed by atoms with Gasteiger partial charge >= 0.3 is 5.97 Å². The molecule has 3 aliphatic rings. The molecule has 4 atom stereocenters. The van der Waals surface area contributed by atoms with E-state index in [4.69, 9.17) is 0 Å². The van der Waals surface area contributed by atoms with Crippen LogP contribution in [-0.2, 0) is 16.1 Å². The van der Waals surface area contributed by atoms with Crippen LogP contribution in [0.3, 0.4) is 0 Å². The lowest BCUT2D eigenvalue weighted by molar-refractivity contribution is -0.153. The zero-order valence-electron chi connectivity index (χ0n) is 16.9. The number of carboxylic acid groups (broad SMARTS) is 1. The zero-order valence-corrected chi connectivity index (χ0v) is 16.9. The van der Waals surface area contributed by atoms with Gasteiger partial charge in [-0.25, -0.2) is 14.8 Å². The summed E-state index contributed by atoms with van der Waals surface area (Å²) in [7, 11) is 0. The van der Waals surface area contributed by atoms with Crippen molar-refractivity contribution in [2.45, 2.75) is 44.3 Å². The number of aliphatic hydroxyl groups excluding tert-OH is 1. The van der Waals surface area contributed by atoms with Gasteiger partial charge in [-0.15, -0.1) is 0 Å². The maximum atomic E-state index is 13.4. The lowest BCUT2D eigenvalue weighted by atomic mass is 9.88. The number of carbonyl (C=O) groups is 2. The number of aliphatic hydroxyl groups is 1. The molecule has 1 aliphatic carbocycles. The van der Waals surface area contributed by atoms with Crippen LogP contribution in [0.15, 0.2) is 35.6 Å². The Kier molecular flexibility index (Phi) is 4.85. The molecule has 1 amide bonds. The van der Waals surface area contributed by atoms with Crippen LogP contribution in [-0.4, -0.2) is 54.2 Å². The molecule has 31 heavy (non-hydrogen) atoms. The standard InChI is InChI=1S/C22H24N4O5/c27-10-16-15-9-25-17(6-5-14(21(25)29)13-7-23-11-24-8-13)18(15)26(19(16)22(30)31)20(28)12-3-1-2-4-12/h5-8,11-12,15-16,18-19,27H,1-4,9-10H2,(H,30,31)/t15-,16-,18+,19-/m0/s1. The van der Waals surface area contributed by atoms with E-state index in [1.54, 1.807) is 29.1 Å². The predicted molar refractivity (Wildman–Crippen MR) is 109 cm³/mol. The fraction of sp³-hybridized carbons (Fsp3) is 0.500. The second-order valence-corrected chi connectivity index (χ2v) is 8.68. The number of rotatable bonds is 4. The van der Waals surface area contributed by atoms with E-state index in [2.05, 4.69) is 9.97 Å². The molecule has 1 saturated carbocycles. The first-order chi connectivity index (χ1) is 15.0. The molecule has 9 nitrogen and oxygen atoms in total. The van der Waals surface area contributed by atoms with E-state index in [0.717, 1.165) is 25.7 Å². The normalized spacial score (nSPS) is 27.3. The number of nitrogens with zero attached hydrogens (tertiary/aromatic N) is 4. The number of likely N-dealkylation sites (tertiary alicyclic amines) is 1. The molecule has 9 heteroatoms. The van der Waals surface area contributed by atoms with Crippen molar-refractivity contribution < 1.29 is 19.8 Å². The topological polar surface area (TPSA) is 126 Å². The average molecular weight is 424 g/mol. The first-order valence-corrected chi connectivity index (χ1v) is 10.7. The number of hydrogen-bond acceptors (Lipinski definition) is 6. The third kappa shape index (κ3) is 2.98. The van der Waals surface area contributed by atoms with Crippen molar-refractivity contribution >= 4 is 11.9 Å². The first-order valence-electron chi connectivity index (χ1n) is 10.7. The first kappa shape index (κ1) is 19.9. The van der Waals surface area contributed by atoms with Gasteiger partial charge in [-0.05, 0) is 25.0 Å². The summed E-state index contributed by atoms with van der Waals surface area (Å²) in [5.74, 6) is -2.42. The van der Waals surface area contributed by atoms with Gasteiger partial charge in [0.05, 0.1) is 11.6 Å². The molecule has 0 radical (unpaired) electrons. The number of carboxylic acids is 1. The van der Waals surface area contributed by atoms with Crippen LogP contribution < -0.4 is 5.56 Å². The van der Waals surface area contributed by atoms with Crippen molar-refractivity contribution in [1.29, 1.82) is 0 Å². The van der Waals surface area contributed by atoms with Gasteiger partial charge in [0.15, 0.2) is 0 Å². The number of amides is 1. The molecule has 2 aromatic rings. The predicted octanol–water partition coefficient (Wildman–Crippen LogP) is 1.07. The molecule has 2 aliphatic heterocycles. The quantitative estimate of drug-likeness (QED) is 0.752. The van der Waals surface area contributed by atoms with Crippen LogP contribution in [0.25, 0.3) is 11.1 Å². The Morgan fingerprint density at radius 2 is 1.84 bits per heavy atom. The fourth-order valence-corrected chi connectivity index (χ4v) is 5.75. The second-order valence-electron chi connectivity index (χ2n) is 8.68. The van der Waals surface area contributed by atoms with E-state index < -0.39 is 24.0 Å². The molecule has 162 valence electrons. The summed E-state index contributed by atoms with van der Waals surface area (Å²) in [6, 6.07) is 1.87. The summed E-state index contributed by atoms with van der Waals surface area (Å²) < 4.78 is 1.62. The Morgan fingerprint density at radius 3 is 2.48 bits per heavy atom. The van der Waals surface area contributed by atoms with Gasteiger partial charge in [-0.1, -0.05) is 12.8 Å². The van der Waals surface area contributed by atoms with E-state index in [-0.39, 0.29) is 36.5 Å². The largest absolute Gasteiger partial charge is 0.480 e. The monoisotopic (exact) mass is 424 g/mol. The third-order valence-corrected chi connectivity index (χ3v) is 7.16. The van der Waals surface area contributed by atoms with Gasteiger partial charge in [0.1, 0.15) is 12.4 Å². The summed E-state index contributed by atoms with van der Waals surface area (Å²) in [5, 5.41) is 20.0. The van der Waals surface area contributed by atoms with E-state index in [0.29, 0.717) is 16.8 Å². The van der Waals surface area contributed by atoms with Crippen LogP contribution in [0.4, 0.5) is 0 Å². The van der Waals surface area contributed by atoms with Gasteiger partial charge in [0.25, 0.3) is 5.56 Å². The van der Waals surface area contributed by atoms with Gasteiger partial charge in [-0.3, -0.25) is 9.59 Å². The van der Waals surface area contributed by atoms with Gasteiger partial charge in [-0.2, -0.15) is 0 Å². The lowest BCUT2D eigenvalue weighted by Gasteiger charge is -2.31. The summed E-state index contributed by atoms with van der Waals surface area (Å²) in [6.45, 7) is -0.0848. The van der Waals surface area contributed by atoms with Crippen molar-refractivity contribution in [3.05, 3.63) is 46.9 Å². The van der Waals surface area contributed by atoms with Crippen LogP contribution in [0.5, 0.6) is 0 Å². The van der Waals surface area contributed by atoms with Crippen LogP contribution >= 0.6 is 0 Å². The Labute approximate surface area is 178 Å². The molecular formula is C22H24N4O5. The molecule has 4 heterocycles. The third-order valence-electron chi connectivity index (χ3n) is 7.16. The van der Waals surface area contributed by atoms with Crippen molar-refractivity contribution in [2.24, 2.45) is 17.8 Å². The van der Waals surface area contributed by atoms with E-state index in [9.17, 15) is 24.6 Å². The Hall–Kier alpha value is -3.07. The number of fused-ring (bicyclic) bond motifs is 3.